The van der Waals surface area contributed by atoms with Crippen LogP contribution < -0.4 is 10.6 Å². The van der Waals surface area contributed by atoms with Crippen molar-refractivity contribution in [1.82, 2.24) is 24.6 Å². The number of likely N-dealkylation sites (N-methyl/N-ethyl adjacent to an activating group) is 1. The van der Waals surface area contributed by atoms with Crippen LogP contribution in [0.15, 0.2) is 54.6 Å². The summed E-state index contributed by atoms with van der Waals surface area (Å²) < 4.78 is 1.72. The first-order valence-electron chi connectivity index (χ1n) is 9.92. The molecule has 2 aromatic carbocycles. The highest BCUT2D eigenvalue weighted by atomic mass is 35.5. The molecule has 2 N–H and O–H groups in total. The van der Waals surface area contributed by atoms with Gasteiger partial charge in [-0.1, -0.05) is 48.0 Å². The average molecular weight is 420 g/mol. The van der Waals surface area contributed by atoms with Gasteiger partial charge in [0.15, 0.2) is 5.65 Å². The molecule has 3 heterocycles. The number of nitrogen functional groups attached to an aromatic ring is 1. The second kappa shape index (κ2) is 7.59. The maximum absolute atomic E-state index is 6.56. The Morgan fingerprint density at radius 1 is 0.900 bits per heavy atom. The topological polar surface area (TPSA) is 76.1 Å². The van der Waals surface area contributed by atoms with Crippen molar-refractivity contribution < 1.29 is 0 Å². The first-order valence-corrected chi connectivity index (χ1v) is 10.3. The number of benzene rings is 2. The zero-order valence-corrected chi connectivity index (χ0v) is 17.4. The summed E-state index contributed by atoms with van der Waals surface area (Å²) in [4.78, 5) is 14.2. The summed E-state index contributed by atoms with van der Waals surface area (Å²) in [5.74, 6) is 1.15. The summed E-state index contributed by atoms with van der Waals surface area (Å²) in [6.45, 7) is 3.64. The number of fused-ring (bicyclic) bond motifs is 1. The minimum absolute atomic E-state index is 0.496. The number of nitrogens with zero attached hydrogens (tertiary/aromatic N) is 6. The second-order valence-electron chi connectivity index (χ2n) is 7.47. The van der Waals surface area contributed by atoms with Crippen LogP contribution in [0.5, 0.6) is 0 Å². The molecule has 0 amide bonds. The van der Waals surface area contributed by atoms with Gasteiger partial charge in [0.25, 0.3) is 0 Å². The predicted molar refractivity (Wildman–Crippen MR) is 121 cm³/mol. The summed E-state index contributed by atoms with van der Waals surface area (Å²) >= 11 is 6.54. The van der Waals surface area contributed by atoms with Gasteiger partial charge in [-0.25, -0.2) is 9.67 Å². The van der Waals surface area contributed by atoms with Gasteiger partial charge in [-0.05, 0) is 25.2 Å². The van der Waals surface area contributed by atoms with Gasteiger partial charge in [-0.3, -0.25) is 0 Å². The van der Waals surface area contributed by atoms with E-state index in [0.717, 1.165) is 37.4 Å². The van der Waals surface area contributed by atoms with E-state index in [1.807, 2.05) is 54.6 Å². The van der Waals surface area contributed by atoms with Gasteiger partial charge in [0.2, 0.25) is 5.95 Å². The molecule has 2 aromatic heterocycles. The van der Waals surface area contributed by atoms with Gasteiger partial charge in [-0.15, -0.1) is 5.10 Å². The fourth-order valence-corrected chi connectivity index (χ4v) is 3.99. The van der Waals surface area contributed by atoms with Crippen LogP contribution in [-0.4, -0.2) is 57.9 Å². The van der Waals surface area contributed by atoms with Crippen molar-refractivity contribution in [2.45, 2.75) is 0 Å². The molecule has 0 spiro atoms. The van der Waals surface area contributed by atoms with Gasteiger partial charge >= 0.3 is 0 Å². The molecule has 0 aliphatic carbocycles. The van der Waals surface area contributed by atoms with Gasteiger partial charge in [0.05, 0.1) is 16.8 Å². The Hall–Kier alpha value is -3.16. The molecule has 0 atom stereocenters. The van der Waals surface area contributed by atoms with Crippen LogP contribution >= 0.6 is 11.6 Å². The van der Waals surface area contributed by atoms with Gasteiger partial charge in [-0.2, -0.15) is 4.98 Å². The quantitative estimate of drug-likeness (QED) is 0.548. The lowest BCUT2D eigenvalue weighted by Crippen LogP contribution is -2.45. The largest absolute Gasteiger partial charge is 0.383 e. The molecule has 1 aliphatic heterocycles. The number of nitrogens with two attached hydrogens (primary N) is 1. The van der Waals surface area contributed by atoms with E-state index in [0.29, 0.717) is 33.5 Å². The minimum atomic E-state index is 0.496. The number of halogens is 1. The van der Waals surface area contributed by atoms with Gasteiger partial charge in [0, 0.05) is 36.8 Å². The molecule has 0 bridgehead atoms. The number of para-hydroxylation sites is 1. The van der Waals surface area contributed by atoms with Crippen LogP contribution in [0, 0.1) is 0 Å². The van der Waals surface area contributed by atoms with E-state index in [4.69, 9.17) is 32.4 Å². The molecule has 1 saturated heterocycles. The molecule has 0 saturated carbocycles. The standard InChI is InChI=1S/C22H22ClN7/c1-28-11-13-29(14-12-28)22-25-19(16-9-5-6-10-17(16)23)18-20(24)30(27-21(18)26-22)15-7-3-2-4-8-15/h2-10H,11-14,24H2,1H3. The molecule has 0 unspecified atom stereocenters. The van der Waals surface area contributed by atoms with Crippen LogP contribution in [0.25, 0.3) is 28.0 Å². The summed E-state index contributed by atoms with van der Waals surface area (Å²) in [7, 11) is 2.12. The van der Waals surface area contributed by atoms with Crippen LogP contribution in [0.3, 0.4) is 0 Å². The highest BCUT2D eigenvalue weighted by molar-refractivity contribution is 6.33. The minimum Gasteiger partial charge on any atom is -0.383 e. The Morgan fingerprint density at radius 3 is 2.33 bits per heavy atom. The summed E-state index contributed by atoms with van der Waals surface area (Å²) in [6.07, 6.45) is 0. The highest BCUT2D eigenvalue weighted by Gasteiger charge is 2.23. The van der Waals surface area contributed by atoms with E-state index >= 15 is 0 Å². The first kappa shape index (κ1) is 18.8. The zero-order valence-electron chi connectivity index (χ0n) is 16.7. The second-order valence-corrected chi connectivity index (χ2v) is 7.88. The van der Waals surface area contributed by atoms with Crippen molar-refractivity contribution in [3.05, 3.63) is 59.6 Å². The molecule has 0 radical (unpaired) electrons. The van der Waals surface area contributed by atoms with E-state index in [1.165, 1.54) is 0 Å². The van der Waals surface area contributed by atoms with Crippen molar-refractivity contribution in [1.29, 1.82) is 0 Å². The molecule has 8 heteroatoms. The maximum Gasteiger partial charge on any atom is 0.228 e. The summed E-state index contributed by atoms with van der Waals surface area (Å²) in [5.41, 5.74) is 9.53. The SMILES string of the molecule is CN1CCN(c2nc(-c3ccccc3Cl)c3c(N)n(-c4ccccc4)nc3n2)CC1. The van der Waals surface area contributed by atoms with Crippen molar-refractivity contribution >= 4 is 34.4 Å². The van der Waals surface area contributed by atoms with Crippen LogP contribution in [0.1, 0.15) is 0 Å². The monoisotopic (exact) mass is 419 g/mol. The van der Waals surface area contributed by atoms with Crippen LogP contribution in [0.2, 0.25) is 5.02 Å². The number of anilines is 2. The predicted octanol–water partition coefficient (Wildman–Crippen LogP) is 3.47. The maximum atomic E-state index is 6.56. The lowest BCUT2D eigenvalue weighted by atomic mass is 10.1. The van der Waals surface area contributed by atoms with Crippen molar-refractivity contribution in [3.8, 4) is 16.9 Å². The molecule has 30 heavy (non-hydrogen) atoms. The zero-order chi connectivity index (χ0) is 20.7. The number of hydrogen-bond donors (Lipinski definition) is 1. The van der Waals surface area contributed by atoms with E-state index in [9.17, 15) is 0 Å². The van der Waals surface area contributed by atoms with Crippen molar-refractivity contribution in [2.75, 3.05) is 43.9 Å². The Bertz CT molecular complexity index is 1200. The average Bonchev–Trinajstić information content (AvgIpc) is 3.11. The first-order chi connectivity index (χ1) is 14.6. The van der Waals surface area contributed by atoms with E-state index in [-0.39, 0.29) is 0 Å². The Kier molecular flexibility index (Phi) is 4.77. The third-order valence-electron chi connectivity index (χ3n) is 5.47. The van der Waals surface area contributed by atoms with Crippen LogP contribution in [-0.2, 0) is 0 Å². The number of piperazine rings is 1. The van der Waals surface area contributed by atoms with E-state index < -0.39 is 0 Å². The Balaban J connectivity index is 1.74. The van der Waals surface area contributed by atoms with Crippen molar-refractivity contribution in [3.63, 3.8) is 0 Å². The van der Waals surface area contributed by atoms with E-state index in [1.54, 1.807) is 4.68 Å². The number of aromatic nitrogens is 4. The third-order valence-corrected chi connectivity index (χ3v) is 5.80. The molecule has 7 nitrogen and oxygen atoms in total. The summed E-state index contributed by atoms with van der Waals surface area (Å²) in [6, 6.07) is 17.5. The van der Waals surface area contributed by atoms with Crippen molar-refractivity contribution in [2.24, 2.45) is 0 Å². The third kappa shape index (κ3) is 3.26. The molecular formula is C22H22ClN7. The number of rotatable bonds is 3. The lowest BCUT2D eigenvalue weighted by molar-refractivity contribution is 0.311. The highest BCUT2D eigenvalue weighted by Crippen LogP contribution is 2.36. The van der Waals surface area contributed by atoms with Gasteiger partial charge in [0.1, 0.15) is 5.82 Å². The van der Waals surface area contributed by atoms with E-state index in [2.05, 4.69) is 16.8 Å². The Labute approximate surface area is 179 Å². The van der Waals surface area contributed by atoms with Crippen LogP contribution in [0.4, 0.5) is 11.8 Å². The normalized spacial score (nSPS) is 15.1. The molecule has 1 fully saturated rings. The molecule has 4 aromatic rings. The number of hydrogen-bond acceptors (Lipinski definition) is 6. The molecular weight excluding hydrogens is 398 g/mol. The molecule has 152 valence electrons. The lowest BCUT2D eigenvalue weighted by Gasteiger charge is -2.32. The molecule has 5 rings (SSSR count). The summed E-state index contributed by atoms with van der Waals surface area (Å²) in [5, 5.41) is 6.06. The Morgan fingerprint density at radius 2 is 1.60 bits per heavy atom. The van der Waals surface area contributed by atoms with Gasteiger partial charge < -0.3 is 15.5 Å². The molecule has 1 aliphatic rings. The fraction of sp³-hybridized carbons (Fsp3) is 0.227. The fourth-order valence-electron chi connectivity index (χ4n) is 3.76. The smallest absolute Gasteiger partial charge is 0.228 e.